The number of hydrogen-bond acceptors (Lipinski definition) is 8. The molecule has 8 bridgehead atoms. The van der Waals surface area contributed by atoms with Crippen LogP contribution in [0.5, 0.6) is 11.5 Å². The number of benzene rings is 1. The lowest BCUT2D eigenvalue weighted by atomic mass is 9.46. The quantitative estimate of drug-likeness (QED) is 0.106. The van der Waals surface area contributed by atoms with E-state index in [-0.39, 0.29) is 35.0 Å². The molecule has 16 heteroatoms. The maximum Gasteiger partial charge on any atom is 0.460 e. The highest BCUT2D eigenvalue weighted by Gasteiger charge is 2.70. The van der Waals surface area contributed by atoms with Crippen molar-refractivity contribution in [2.75, 3.05) is 6.61 Å². The van der Waals surface area contributed by atoms with Crippen LogP contribution in [0.25, 0.3) is 0 Å². The van der Waals surface area contributed by atoms with Crippen LogP contribution in [0, 0.1) is 52.8 Å². The molecule has 9 rings (SSSR count). The Balaban J connectivity index is 1.13. The lowest BCUT2D eigenvalue weighted by molar-refractivity contribution is -0.417. The number of halogens is 6. The normalized spacial score (nSPS) is 37.5. The van der Waals surface area contributed by atoms with Gasteiger partial charge in [-0.2, -0.15) is 34.8 Å². The highest BCUT2D eigenvalue weighted by atomic mass is 32.2. The van der Waals surface area contributed by atoms with E-state index in [1.807, 2.05) is 13.8 Å². The SMILES string of the molecule is CC1(OC(=O)c2cc(OCC(F)(F)OC(F)(F)C(F)(F)S(=O)(=O)O)cc(OC(=O)C3(C)C4CC5CC(C4)CC3C5)c2)C2CC3CC(C2)CC1C3. The molecule has 0 aromatic heterocycles. The summed E-state index contributed by atoms with van der Waals surface area (Å²) >= 11 is 0. The summed E-state index contributed by atoms with van der Waals surface area (Å²) in [6.07, 6.45) is -2.21. The van der Waals surface area contributed by atoms with Crippen LogP contribution in [0.3, 0.4) is 0 Å². The van der Waals surface area contributed by atoms with Gasteiger partial charge in [-0.1, -0.05) is 0 Å². The van der Waals surface area contributed by atoms with Crippen LogP contribution in [-0.4, -0.2) is 54.6 Å². The van der Waals surface area contributed by atoms with Crippen LogP contribution in [0.2, 0.25) is 0 Å². The van der Waals surface area contributed by atoms with Crippen LogP contribution in [0.15, 0.2) is 18.2 Å². The van der Waals surface area contributed by atoms with Gasteiger partial charge in [0.15, 0.2) is 6.61 Å². The third kappa shape index (κ3) is 5.98. The zero-order valence-corrected chi connectivity index (χ0v) is 28.3. The zero-order chi connectivity index (χ0) is 36.2. The van der Waals surface area contributed by atoms with Crippen molar-refractivity contribution in [2.24, 2.45) is 52.8 Å². The minimum Gasteiger partial charge on any atom is -0.484 e. The van der Waals surface area contributed by atoms with E-state index >= 15 is 0 Å². The van der Waals surface area contributed by atoms with E-state index in [4.69, 9.17) is 18.8 Å². The molecule has 0 radical (unpaired) electrons. The van der Waals surface area contributed by atoms with Crippen molar-refractivity contribution in [1.82, 2.24) is 0 Å². The van der Waals surface area contributed by atoms with E-state index in [0.717, 1.165) is 76.3 Å². The number of esters is 2. The standard InChI is InChI=1S/C34H40F6O9S/c1-30(22-5-17-3-18(7-22)8-23(30)6-17)29(42)47-27-14-21(28(41)48-31(2)24-9-19-4-20(11-24)12-25(31)10-19)13-26(15-27)46-16-32(35,36)49-33(37,38)34(39,40)50(43,44)45/h13-15,17-20,22-25H,3-12,16H2,1-2H3,(H,43,44,45). The molecule has 1 aromatic carbocycles. The minimum atomic E-state index is -6.86. The number of alkyl halides is 6. The van der Waals surface area contributed by atoms with E-state index in [0.29, 0.717) is 23.7 Å². The number of rotatable bonds is 11. The number of carbonyl (C=O) groups is 2. The second kappa shape index (κ2) is 11.7. The van der Waals surface area contributed by atoms with Gasteiger partial charge in [0, 0.05) is 6.07 Å². The molecular formula is C34H40F6O9S. The number of hydrogen-bond donors (Lipinski definition) is 1. The first-order valence-corrected chi connectivity index (χ1v) is 18.6. The molecule has 8 saturated carbocycles. The van der Waals surface area contributed by atoms with Crippen molar-refractivity contribution in [2.45, 2.75) is 101 Å². The van der Waals surface area contributed by atoms with E-state index in [1.54, 1.807) is 0 Å². The number of ether oxygens (including phenoxy) is 4. The monoisotopic (exact) mass is 738 g/mol. The number of carbonyl (C=O) groups excluding carboxylic acids is 2. The molecule has 278 valence electrons. The van der Waals surface area contributed by atoms with Crippen LogP contribution in [-0.2, 0) is 24.4 Å². The summed E-state index contributed by atoms with van der Waals surface area (Å²) in [5.41, 5.74) is -1.90. The summed E-state index contributed by atoms with van der Waals surface area (Å²) < 4.78 is 133. The lowest BCUT2D eigenvalue weighted by Crippen LogP contribution is -2.58. The van der Waals surface area contributed by atoms with Gasteiger partial charge >= 0.3 is 39.5 Å². The Kier molecular flexibility index (Phi) is 8.38. The summed E-state index contributed by atoms with van der Waals surface area (Å²) in [5.74, 6) is 0.300. The molecule has 0 heterocycles. The molecule has 8 aliphatic carbocycles. The van der Waals surface area contributed by atoms with Gasteiger partial charge in [0.05, 0.1) is 11.0 Å². The third-order valence-electron chi connectivity index (χ3n) is 13.0. The molecule has 0 saturated heterocycles. The van der Waals surface area contributed by atoms with Crippen molar-refractivity contribution >= 4 is 22.1 Å². The van der Waals surface area contributed by atoms with Crippen LogP contribution >= 0.6 is 0 Å². The van der Waals surface area contributed by atoms with Gasteiger partial charge in [0.1, 0.15) is 17.1 Å². The van der Waals surface area contributed by atoms with Gasteiger partial charge in [-0.3, -0.25) is 9.35 Å². The predicted molar refractivity (Wildman–Crippen MR) is 161 cm³/mol. The molecule has 8 aliphatic rings. The van der Waals surface area contributed by atoms with Crippen LogP contribution in [0.4, 0.5) is 26.3 Å². The van der Waals surface area contributed by atoms with Crippen molar-refractivity contribution in [1.29, 1.82) is 0 Å². The van der Waals surface area contributed by atoms with Crippen molar-refractivity contribution in [3.63, 3.8) is 0 Å². The summed E-state index contributed by atoms with van der Waals surface area (Å²) in [4.78, 5) is 27.6. The Morgan fingerprint density at radius 2 is 1.22 bits per heavy atom. The first kappa shape index (κ1) is 35.8. The van der Waals surface area contributed by atoms with Gasteiger partial charge < -0.3 is 14.2 Å². The maximum absolute atomic E-state index is 14.5. The molecule has 0 unspecified atom stereocenters. The molecule has 9 nitrogen and oxygen atoms in total. The maximum atomic E-state index is 14.5. The van der Waals surface area contributed by atoms with E-state index in [2.05, 4.69) is 4.74 Å². The fraction of sp³-hybridized carbons (Fsp3) is 0.765. The molecule has 1 N–H and O–H groups in total. The van der Waals surface area contributed by atoms with Gasteiger partial charge in [-0.05, 0) is 138 Å². The topological polar surface area (TPSA) is 125 Å². The average Bonchev–Trinajstić information content (AvgIpc) is 2.99. The van der Waals surface area contributed by atoms with Gasteiger partial charge in [-0.25, -0.2) is 9.53 Å². The van der Waals surface area contributed by atoms with Crippen molar-refractivity contribution in [3.05, 3.63) is 23.8 Å². The lowest BCUT2D eigenvalue weighted by Gasteiger charge is -2.59. The highest BCUT2D eigenvalue weighted by Crippen LogP contribution is 2.63. The minimum absolute atomic E-state index is 0.0744. The molecule has 8 fully saturated rings. The largest absolute Gasteiger partial charge is 0.484 e. The Labute approximate surface area is 285 Å². The fourth-order valence-electron chi connectivity index (χ4n) is 10.7. The summed E-state index contributed by atoms with van der Waals surface area (Å²) in [5, 5.41) is -6.42. The van der Waals surface area contributed by atoms with Gasteiger partial charge in [0.25, 0.3) is 0 Å². The first-order valence-electron chi connectivity index (χ1n) is 17.1. The van der Waals surface area contributed by atoms with Crippen LogP contribution < -0.4 is 9.47 Å². The highest BCUT2D eigenvalue weighted by molar-refractivity contribution is 7.86. The smallest absolute Gasteiger partial charge is 0.460 e. The van der Waals surface area contributed by atoms with Gasteiger partial charge in [0.2, 0.25) is 0 Å². The van der Waals surface area contributed by atoms with Crippen molar-refractivity contribution in [3.8, 4) is 11.5 Å². The van der Waals surface area contributed by atoms with E-state index in [1.165, 1.54) is 6.07 Å². The molecule has 0 spiro atoms. The molecule has 50 heavy (non-hydrogen) atoms. The summed E-state index contributed by atoms with van der Waals surface area (Å²) in [7, 11) is -6.86. The average molecular weight is 739 g/mol. The third-order valence-corrected chi connectivity index (χ3v) is 13.9. The second-order valence-electron chi connectivity index (χ2n) is 16.1. The molecular weight excluding hydrogens is 698 g/mol. The van der Waals surface area contributed by atoms with Crippen LogP contribution in [0.1, 0.15) is 88.4 Å². The molecule has 0 amide bonds. The molecule has 0 aliphatic heterocycles. The molecule has 1 aromatic rings. The van der Waals surface area contributed by atoms with E-state index in [9.17, 15) is 44.3 Å². The fourth-order valence-corrected chi connectivity index (χ4v) is 11.0. The van der Waals surface area contributed by atoms with E-state index < -0.39 is 62.9 Å². The second-order valence-corrected chi connectivity index (χ2v) is 17.5. The predicted octanol–water partition coefficient (Wildman–Crippen LogP) is 7.49. The summed E-state index contributed by atoms with van der Waals surface area (Å²) in [6.45, 7) is 1.57. The Bertz CT molecular complexity index is 1610. The first-order chi connectivity index (χ1) is 23.1. The zero-order valence-electron chi connectivity index (χ0n) is 27.5. The van der Waals surface area contributed by atoms with Gasteiger partial charge in [-0.15, -0.1) is 0 Å². The Morgan fingerprint density at radius 3 is 1.70 bits per heavy atom. The Hall–Kier alpha value is -2.59. The Morgan fingerprint density at radius 1 is 0.760 bits per heavy atom. The summed E-state index contributed by atoms with van der Waals surface area (Å²) in [6, 6.07) is 3.14. The molecule has 0 atom stereocenters. The van der Waals surface area contributed by atoms with Crippen molar-refractivity contribution < 1.29 is 67.8 Å².